The van der Waals surface area contributed by atoms with Crippen molar-refractivity contribution < 1.29 is 5.11 Å². The summed E-state index contributed by atoms with van der Waals surface area (Å²) in [5, 5.41) is 8.78. The van der Waals surface area contributed by atoms with Crippen LogP contribution in [0.3, 0.4) is 0 Å². The monoisotopic (exact) mass is 185 g/mol. The Morgan fingerprint density at radius 3 is 2.46 bits per heavy atom. The molecule has 1 rings (SSSR count). The van der Waals surface area contributed by atoms with E-state index in [4.69, 9.17) is 5.11 Å². The maximum Gasteiger partial charge on any atom is 0.0443 e. The summed E-state index contributed by atoms with van der Waals surface area (Å²) in [6, 6.07) is 0.810. The Morgan fingerprint density at radius 1 is 1.23 bits per heavy atom. The van der Waals surface area contributed by atoms with E-state index in [2.05, 4.69) is 11.8 Å². The van der Waals surface area contributed by atoms with Crippen LogP contribution >= 0.6 is 0 Å². The first-order valence-corrected chi connectivity index (χ1v) is 5.73. The molecule has 2 heteroatoms. The Kier molecular flexibility index (Phi) is 5.40. The molecule has 1 N–H and O–H groups in total. The van der Waals surface area contributed by atoms with Crippen molar-refractivity contribution in [3.8, 4) is 0 Å². The number of hydrogen-bond donors (Lipinski definition) is 1. The molecule has 0 amide bonds. The minimum absolute atomic E-state index is 0.337. The van der Waals surface area contributed by atoms with Crippen LogP contribution in [0.4, 0.5) is 0 Å². The van der Waals surface area contributed by atoms with Gasteiger partial charge in [0.05, 0.1) is 0 Å². The second-order valence-electron chi connectivity index (χ2n) is 4.00. The molecule has 0 atom stereocenters. The molecule has 2 nitrogen and oxygen atoms in total. The largest absolute Gasteiger partial charge is 0.396 e. The van der Waals surface area contributed by atoms with E-state index in [-0.39, 0.29) is 0 Å². The number of aliphatic hydroxyl groups excluding tert-OH is 1. The van der Waals surface area contributed by atoms with Crippen molar-refractivity contribution in [1.29, 1.82) is 0 Å². The molecule has 0 aromatic carbocycles. The Labute approximate surface area is 81.9 Å². The highest BCUT2D eigenvalue weighted by Gasteiger charge is 2.18. The molecule has 13 heavy (non-hydrogen) atoms. The van der Waals surface area contributed by atoms with Gasteiger partial charge in [-0.2, -0.15) is 0 Å². The number of rotatable bonds is 5. The maximum absolute atomic E-state index is 8.78. The maximum atomic E-state index is 8.78. The SMILES string of the molecule is CCN(CCCO)C1CCCCC1. The van der Waals surface area contributed by atoms with E-state index < -0.39 is 0 Å². The molecule has 0 spiro atoms. The lowest BCUT2D eigenvalue weighted by Gasteiger charge is -2.33. The molecule has 1 aliphatic rings. The molecule has 0 aromatic rings. The van der Waals surface area contributed by atoms with Gasteiger partial charge in [0.1, 0.15) is 0 Å². The van der Waals surface area contributed by atoms with Crippen LogP contribution in [0.1, 0.15) is 45.4 Å². The fourth-order valence-corrected chi connectivity index (χ4v) is 2.32. The first-order valence-electron chi connectivity index (χ1n) is 5.73. The lowest BCUT2D eigenvalue weighted by Crippen LogP contribution is -2.37. The zero-order chi connectivity index (χ0) is 9.52. The summed E-state index contributed by atoms with van der Waals surface area (Å²) in [5.74, 6) is 0. The second kappa shape index (κ2) is 6.39. The second-order valence-corrected chi connectivity index (χ2v) is 4.00. The number of aliphatic hydroxyl groups is 1. The summed E-state index contributed by atoms with van der Waals surface area (Å²) in [6.45, 7) is 4.79. The van der Waals surface area contributed by atoms with E-state index >= 15 is 0 Å². The highest BCUT2D eigenvalue weighted by atomic mass is 16.3. The molecule has 1 fully saturated rings. The molecule has 0 aromatic heterocycles. The zero-order valence-corrected chi connectivity index (χ0v) is 8.84. The Morgan fingerprint density at radius 2 is 1.92 bits per heavy atom. The van der Waals surface area contributed by atoms with Crippen molar-refractivity contribution in [3.63, 3.8) is 0 Å². The lowest BCUT2D eigenvalue weighted by molar-refractivity contribution is 0.149. The van der Waals surface area contributed by atoms with Crippen LogP contribution in [-0.4, -0.2) is 35.7 Å². The standard InChI is InChI=1S/C11H23NO/c1-2-12(9-6-10-13)11-7-4-3-5-8-11/h11,13H,2-10H2,1H3. The zero-order valence-electron chi connectivity index (χ0n) is 8.84. The van der Waals surface area contributed by atoms with Gasteiger partial charge in [-0.1, -0.05) is 26.2 Å². The van der Waals surface area contributed by atoms with Crippen molar-refractivity contribution in [2.45, 2.75) is 51.5 Å². The van der Waals surface area contributed by atoms with Crippen LogP contribution in [0.25, 0.3) is 0 Å². The van der Waals surface area contributed by atoms with E-state index in [1.165, 1.54) is 32.1 Å². The lowest BCUT2D eigenvalue weighted by atomic mass is 9.94. The summed E-state index contributed by atoms with van der Waals surface area (Å²) < 4.78 is 0. The van der Waals surface area contributed by atoms with Gasteiger partial charge >= 0.3 is 0 Å². The first-order chi connectivity index (χ1) is 6.38. The van der Waals surface area contributed by atoms with E-state index in [0.717, 1.165) is 25.6 Å². The van der Waals surface area contributed by atoms with Gasteiger partial charge in [0, 0.05) is 19.2 Å². The van der Waals surface area contributed by atoms with E-state index in [1.54, 1.807) is 0 Å². The van der Waals surface area contributed by atoms with Gasteiger partial charge in [-0.3, -0.25) is 0 Å². The van der Waals surface area contributed by atoms with E-state index in [1.807, 2.05) is 0 Å². The third kappa shape index (κ3) is 3.65. The summed E-state index contributed by atoms with van der Waals surface area (Å²) in [4.78, 5) is 2.54. The third-order valence-electron chi connectivity index (χ3n) is 3.10. The summed E-state index contributed by atoms with van der Waals surface area (Å²) in [7, 11) is 0. The molecule has 78 valence electrons. The van der Waals surface area contributed by atoms with Gasteiger partial charge < -0.3 is 10.0 Å². The van der Waals surface area contributed by atoms with Gasteiger partial charge in [0.25, 0.3) is 0 Å². The normalized spacial score (nSPS) is 19.6. The topological polar surface area (TPSA) is 23.5 Å². The van der Waals surface area contributed by atoms with Crippen LogP contribution in [0.5, 0.6) is 0 Å². The smallest absolute Gasteiger partial charge is 0.0443 e. The van der Waals surface area contributed by atoms with Crippen LogP contribution in [0.2, 0.25) is 0 Å². The highest BCUT2D eigenvalue weighted by Crippen LogP contribution is 2.22. The quantitative estimate of drug-likeness (QED) is 0.708. The van der Waals surface area contributed by atoms with Crippen LogP contribution < -0.4 is 0 Å². The van der Waals surface area contributed by atoms with Crippen LogP contribution in [0, 0.1) is 0 Å². The van der Waals surface area contributed by atoms with Crippen molar-refractivity contribution in [3.05, 3.63) is 0 Å². The van der Waals surface area contributed by atoms with Crippen molar-refractivity contribution in [2.75, 3.05) is 19.7 Å². The molecular formula is C11H23NO. The molecule has 0 radical (unpaired) electrons. The minimum Gasteiger partial charge on any atom is -0.396 e. The van der Waals surface area contributed by atoms with Crippen molar-refractivity contribution in [2.24, 2.45) is 0 Å². The third-order valence-corrected chi connectivity index (χ3v) is 3.10. The Balaban J connectivity index is 2.26. The number of hydrogen-bond acceptors (Lipinski definition) is 2. The average Bonchev–Trinajstić information content (AvgIpc) is 2.21. The van der Waals surface area contributed by atoms with E-state index in [0.29, 0.717) is 6.61 Å². The van der Waals surface area contributed by atoms with Gasteiger partial charge in [0.15, 0.2) is 0 Å². The summed E-state index contributed by atoms with van der Waals surface area (Å²) in [5.41, 5.74) is 0. The van der Waals surface area contributed by atoms with E-state index in [9.17, 15) is 0 Å². The summed E-state index contributed by atoms with van der Waals surface area (Å²) in [6.07, 6.45) is 7.91. The molecular weight excluding hydrogens is 162 g/mol. The predicted octanol–water partition coefficient (Wildman–Crippen LogP) is 2.02. The molecule has 1 saturated carbocycles. The predicted molar refractivity (Wildman–Crippen MR) is 55.8 cm³/mol. The highest BCUT2D eigenvalue weighted by molar-refractivity contribution is 4.74. The first kappa shape index (κ1) is 11.0. The van der Waals surface area contributed by atoms with Crippen LogP contribution in [-0.2, 0) is 0 Å². The van der Waals surface area contributed by atoms with Crippen LogP contribution in [0.15, 0.2) is 0 Å². The van der Waals surface area contributed by atoms with Gasteiger partial charge in [-0.15, -0.1) is 0 Å². The van der Waals surface area contributed by atoms with Crippen molar-refractivity contribution in [1.82, 2.24) is 4.90 Å². The molecule has 0 heterocycles. The molecule has 0 bridgehead atoms. The fourth-order valence-electron chi connectivity index (χ4n) is 2.32. The van der Waals surface area contributed by atoms with Gasteiger partial charge in [0.2, 0.25) is 0 Å². The number of nitrogens with zero attached hydrogens (tertiary/aromatic N) is 1. The Bertz CT molecular complexity index is 121. The average molecular weight is 185 g/mol. The summed E-state index contributed by atoms with van der Waals surface area (Å²) >= 11 is 0. The minimum atomic E-state index is 0.337. The molecule has 1 aliphatic carbocycles. The van der Waals surface area contributed by atoms with Gasteiger partial charge in [-0.05, 0) is 25.8 Å². The molecule has 0 unspecified atom stereocenters. The Hall–Kier alpha value is -0.0800. The fraction of sp³-hybridized carbons (Fsp3) is 1.00. The molecule has 0 aliphatic heterocycles. The molecule has 0 saturated heterocycles. The van der Waals surface area contributed by atoms with Gasteiger partial charge in [-0.25, -0.2) is 0 Å². The van der Waals surface area contributed by atoms with Crippen molar-refractivity contribution >= 4 is 0 Å².